The lowest BCUT2D eigenvalue weighted by molar-refractivity contribution is 0.252. The van der Waals surface area contributed by atoms with Crippen LogP contribution < -0.4 is 10.6 Å². The number of urea groups is 1. The zero-order valence-corrected chi connectivity index (χ0v) is 20.6. The molecule has 2 aromatic rings. The van der Waals surface area contributed by atoms with Gasteiger partial charge in [-0.1, -0.05) is 108 Å². The average molecular weight is 437 g/mol. The fourth-order valence-electron chi connectivity index (χ4n) is 4.08. The third kappa shape index (κ3) is 10.8. The van der Waals surface area contributed by atoms with E-state index in [-0.39, 0.29) is 6.03 Å². The lowest BCUT2D eigenvalue weighted by Crippen LogP contribution is -2.29. The number of rotatable bonds is 15. The number of hydrogen-bond donors (Lipinski definition) is 2. The molecule has 2 amide bonds. The Bertz CT molecular complexity index is 767. The van der Waals surface area contributed by atoms with Gasteiger partial charge in [0.15, 0.2) is 0 Å². The molecule has 0 saturated carbocycles. The molecular formula is C29H44N2O. The molecule has 0 aliphatic heterocycles. The van der Waals surface area contributed by atoms with Crippen molar-refractivity contribution in [1.82, 2.24) is 5.32 Å². The highest BCUT2D eigenvalue weighted by Gasteiger charge is 2.07. The first-order chi connectivity index (χ1) is 15.6. The van der Waals surface area contributed by atoms with E-state index in [1.165, 1.54) is 61.6 Å². The molecule has 176 valence electrons. The van der Waals surface area contributed by atoms with Crippen molar-refractivity contribution in [2.75, 3.05) is 11.9 Å². The number of benzene rings is 2. The summed E-state index contributed by atoms with van der Waals surface area (Å²) in [5.41, 5.74) is 4.84. The standard InChI is InChI=1S/C29H44N2O/c1-4-5-6-7-8-9-10-13-22-30-29(32)31-28-15-12-11-14-27(28)21-20-25-16-18-26(19-17-25)23-24(2)3/h11-12,14-19,24H,4-10,13,20-23H2,1-3H3,(H2,30,31,32). The molecule has 0 saturated heterocycles. The Hall–Kier alpha value is -2.29. The van der Waals surface area contributed by atoms with Crippen LogP contribution in [-0.2, 0) is 19.3 Å². The molecule has 2 aromatic carbocycles. The van der Waals surface area contributed by atoms with Gasteiger partial charge >= 0.3 is 6.03 Å². The highest BCUT2D eigenvalue weighted by atomic mass is 16.2. The molecular weight excluding hydrogens is 392 g/mol. The van der Waals surface area contributed by atoms with Crippen LogP contribution in [0, 0.1) is 5.92 Å². The van der Waals surface area contributed by atoms with Gasteiger partial charge in [0.1, 0.15) is 0 Å². The predicted molar refractivity (Wildman–Crippen MR) is 138 cm³/mol. The van der Waals surface area contributed by atoms with Gasteiger partial charge in [-0.2, -0.15) is 0 Å². The first kappa shape index (κ1) is 26.0. The molecule has 0 aliphatic rings. The van der Waals surface area contributed by atoms with Crippen molar-refractivity contribution in [3.63, 3.8) is 0 Å². The molecule has 0 aromatic heterocycles. The maximum atomic E-state index is 12.3. The smallest absolute Gasteiger partial charge is 0.319 e. The van der Waals surface area contributed by atoms with E-state index in [0.717, 1.165) is 37.9 Å². The quantitative estimate of drug-likeness (QED) is 0.273. The summed E-state index contributed by atoms with van der Waals surface area (Å²) in [5, 5.41) is 6.07. The maximum Gasteiger partial charge on any atom is 0.319 e. The van der Waals surface area contributed by atoms with Gasteiger partial charge in [-0.05, 0) is 54.4 Å². The lowest BCUT2D eigenvalue weighted by Gasteiger charge is -2.12. The Balaban J connectivity index is 1.70. The van der Waals surface area contributed by atoms with Crippen molar-refractivity contribution in [2.24, 2.45) is 5.92 Å². The third-order valence-corrected chi connectivity index (χ3v) is 5.93. The highest BCUT2D eigenvalue weighted by Crippen LogP contribution is 2.18. The van der Waals surface area contributed by atoms with Gasteiger partial charge in [-0.25, -0.2) is 4.79 Å². The molecule has 0 atom stereocenters. The van der Waals surface area contributed by atoms with Crippen molar-refractivity contribution in [3.8, 4) is 0 Å². The van der Waals surface area contributed by atoms with Gasteiger partial charge in [0.2, 0.25) is 0 Å². The minimum absolute atomic E-state index is 0.0987. The minimum atomic E-state index is -0.0987. The van der Waals surface area contributed by atoms with Crippen LogP contribution in [0.2, 0.25) is 0 Å². The van der Waals surface area contributed by atoms with Crippen LogP contribution in [0.15, 0.2) is 48.5 Å². The van der Waals surface area contributed by atoms with Crippen LogP contribution in [0.4, 0.5) is 10.5 Å². The average Bonchev–Trinajstić information content (AvgIpc) is 2.78. The summed E-state index contributed by atoms with van der Waals surface area (Å²) in [6.07, 6.45) is 13.2. The zero-order chi connectivity index (χ0) is 23.0. The number of carbonyl (C=O) groups is 1. The molecule has 0 spiro atoms. The van der Waals surface area contributed by atoms with Gasteiger partial charge in [-0.15, -0.1) is 0 Å². The maximum absolute atomic E-state index is 12.3. The van der Waals surface area contributed by atoms with E-state index >= 15 is 0 Å². The predicted octanol–water partition coefficient (Wildman–Crippen LogP) is 7.93. The topological polar surface area (TPSA) is 41.1 Å². The second kappa shape index (κ2) is 15.5. The van der Waals surface area contributed by atoms with E-state index in [4.69, 9.17) is 0 Å². The van der Waals surface area contributed by atoms with Crippen molar-refractivity contribution in [1.29, 1.82) is 0 Å². The summed E-state index contributed by atoms with van der Waals surface area (Å²) in [5.74, 6) is 0.681. The number of hydrogen-bond acceptors (Lipinski definition) is 1. The zero-order valence-electron chi connectivity index (χ0n) is 20.6. The molecule has 3 heteroatoms. The molecule has 2 N–H and O–H groups in total. The van der Waals surface area contributed by atoms with Crippen LogP contribution >= 0.6 is 0 Å². The van der Waals surface area contributed by atoms with Gasteiger partial charge in [0.25, 0.3) is 0 Å². The van der Waals surface area contributed by atoms with Crippen LogP contribution in [0.1, 0.15) is 88.8 Å². The number of nitrogens with one attached hydrogen (secondary N) is 2. The summed E-state index contributed by atoms with van der Waals surface area (Å²) in [6, 6.07) is 17.0. The summed E-state index contributed by atoms with van der Waals surface area (Å²) < 4.78 is 0. The third-order valence-electron chi connectivity index (χ3n) is 5.93. The number of aryl methyl sites for hydroxylation is 2. The van der Waals surface area contributed by atoms with Crippen molar-refractivity contribution < 1.29 is 4.79 Å². The first-order valence-corrected chi connectivity index (χ1v) is 12.8. The van der Waals surface area contributed by atoms with Crippen LogP contribution in [-0.4, -0.2) is 12.6 Å². The van der Waals surface area contributed by atoms with E-state index in [0.29, 0.717) is 5.92 Å². The molecule has 0 heterocycles. The fourth-order valence-corrected chi connectivity index (χ4v) is 4.08. The number of amides is 2. The second-order valence-corrected chi connectivity index (χ2v) is 9.43. The van der Waals surface area contributed by atoms with E-state index in [1.807, 2.05) is 18.2 Å². The van der Waals surface area contributed by atoms with Crippen LogP contribution in [0.25, 0.3) is 0 Å². The van der Waals surface area contributed by atoms with Gasteiger partial charge in [0.05, 0.1) is 0 Å². The Morgan fingerprint density at radius 2 is 1.41 bits per heavy atom. The Kier molecular flexibility index (Phi) is 12.6. The minimum Gasteiger partial charge on any atom is -0.338 e. The molecule has 0 bridgehead atoms. The van der Waals surface area contributed by atoms with Crippen molar-refractivity contribution >= 4 is 11.7 Å². The molecule has 3 nitrogen and oxygen atoms in total. The molecule has 32 heavy (non-hydrogen) atoms. The van der Waals surface area contributed by atoms with E-state index in [1.54, 1.807) is 0 Å². The molecule has 2 rings (SSSR count). The summed E-state index contributed by atoms with van der Waals surface area (Å²) in [7, 11) is 0. The number of anilines is 1. The molecule has 0 unspecified atom stereocenters. The molecule has 0 fully saturated rings. The molecule has 0 aliphatic carbocycles. The normalized spacial score (nSPS) is 11.0. The Morgan fingerprint density at radius 3 is 2.09 bits per heavy atom. The first-order valence-electron chi connectivity index (χ1n) is 12.8. The van der Waals surface area contributed by atoms with Gasteiger partial charge < -0.3 is 10.6 Å². The highest BCUT2D eigenvalue weighted by molar-refractivity contribution is 5.90. The summed E-state index contributed by atoms with van der Waals surface area (Å²) in [4.78, 5) is 12.3. The van der Waals surface area contributed by atoms with E-state index in [9.17, 15) is 4.79 Å². The lowest BCUT2D eigenvalue weighted by atomic mass is 9.99. The van der Waals surface area contributed by atoms with Crippen molar-refractivity contribution in [2.45, 2.75) is 91.4 Å². The molecule has 0 radical (unpaired) electrons. The summed E-state index contributed by atoms with van der Waals surface area (Å²) in [6.45, 7) is 7.50. The van der Waals surface area contributed by atoms with E-state index in [2.05, 4.69) is 61.7 Å². The van der Waals surface area contributed by atoms with Crippen LogP contribution in [0.5, 0.6) is 0 Å². The van der Waals surface area contributed by atoms with E-state index < -0.39 is 0 Å². The Morgan fingerprint density at radius 1 is 0.781 bits per heavy atom. The van der Waals surface area contributed by atoms with Crippen molar-refractivity contribution in [3.05, 3.63) is 65.2 Å². The van der Waals surface area contributed by atoms with Gasteiger partial charge in [-0.3, -0.25) is 0 Å². The number of carbonyl (C=O) groups excluding carboxylic acids is 1. The van der Waals surface area contributed by atoms with Crippen LogP contribution in [0.3, 0.4) is 0 Å². The number of unbranched alkanes of at least 4 members (excludes halogenated alkanes) is 7. The largest absolute Gasteiger partial charge is 0.338 e. The fraction of sp³-hybridized carbons (Fsp3) is 0.552. The summed E-state index contributed by atoms with van der Waals surface area (Å²) >= 11 is 0. The SMILES string of the molecule is CCCCCCCCCCNC(=O)Nc1ccccc1CCc1ccc(CC(C)C)cc1. The number of para-hydroxylation sites is 1. The Labute approximate surface area is 196 Å². The second-order valence-electron chi connectivity index (χ2n) is 9.43. The monoisotopic (exact) mass is 436 g/mol. The van der Waals surface area contributed by atoms with Gasteiger partial charge in [0, 0.05) is 12.2 Å².